The lowest BCUT2D eigenvalue weighted by molar-refractivity contribution is 0.202. The first-order valence-electron chi connectivity index (χ1n) is 5.14. The maximum Gasteiger partial charge on any atom is 0.153 e. The van der Waals surface area contributed by atoms with Crippen LogP contribution in [0.2, 0.25) is 0 Å². The molecule has 5 heteroatoms. The van der Waals surface area contributed by atoms with Gasteiger partial charge in [-0.2, -0.15) is 0 Å². The second-order valence-corrected chi connectivity index (χ2v) is 6.39. The van der Waals surface area contributed by atoms with Gasteiger partial charge in [-0.05, 0) is 11.1 Å². The lowest BCUT2D eigenvalue weighted by atomic mass is 9.94. The molecule has 1 unspecified atom stereocenters. The molecular formula is C11H14FNO2S. The quantitative estimate of drug-likeness (QED) is 0.847. The van der Waals surface area contributed by atoms with Crippen LogP contribution in [0.1, 0.15) is 17.5 Å². The Bertz CT molecular complexity index is 483. The Hall–Kier alpha value is -0.940. The van der Waals surface area contributed by atoms with Gasteiger partial charge in [0, 0.05) is 13.0 Å². The third kappa shape index (κ3) is 2.10. The van der Waals surface area contributed by atoms with Crippen molar-refractivity contribution < 1.29 is 12.8 Å². The second-order valence-electron chi connectivity index (χ2n) is 4.21. The van der Waals surface area contributed by atoms with E-state index in [1.165, 1.54) is 0 Å². The van der Waals surface area contributed by atoms with Crippen LogP contribution >= 0.6 is 0 Å². The molecule has 0 aliphatic carbocycles. The summed E-state index contributed by atoms with van der Waals surface area (Å²) in [6.07, 6.45) is 0.0529. The third-order valence-electron chi connectivity index (χ3n) is 2.97. The van der Waals surface area contributed by atoms with Gasteiger partial charge < -0.3 is 5.73 Å². The molecule has 1 saturated heterocycles. The molecule has 16 heavy (non-hydrogen) atoms. The summed E-state index contributed by atoms with van der Waals surface area (Å²) in [6.45, 7) is 0.401. The summed E-state index contributed by atoms with van der Waals surface area (Å²) in [5.74, 6) is -0.468. The molecule has 1 aliphatic heterocycles. The minimum atomic E-state index is -3.22. The van der Waals surface area contributed by atoms with Crippen molar-refractivity contribution in [3.8, 4) is 0 Å². The molecule has 1 aromatic rings. The van der Waals surface area contributed by atoms with Crippen LogP contribution in [-0.4, -0.2) is 19.9 Å². The van der Waals surface area contributed by atoms with Crippen molar-refractivity contribution in [2.24, 2.45) is 5.73 Å². The van der Waals surface area contributed by atoms with Gasteiger partial charge in [-0.15, -0.1) is 0 Å². The Morgan fingerprint density at radius 1 is 1.31 bits per heavy atom. The van der Waals surface area contributed by atoms with E-state index in [2.05, 4.69) is 0 Å². The summed E-state index contributed by atoms with van der Waals surface area (Å²) >= 11 is 0. The molecular weight excluding hydrogens is 229 g/mol. The highest BCUT2D eigenvalue weighted by molar-refractivity contribution is 7.91. The smallest absolute Gasteiger partial charge is 0.153 e. The topological polar surface area (TPSA) is 60.2 Å². The molecule has 88 valence electrons. The van der Waals surface area contributed by atoms with Gasteiger partial charge >= 0.3 is 0 Å². The largest absolute Gasteiger partial charge is 0.326 e. The molecule has 1 heterocycles. The normalized spacial score (nSPS) is 28.1. The molecule has 0 amide bonds. The summed E-state index contributed by atoms with van der Waals surface area (Å²) in [4.78, 5) is 0. The van der Waals surface area contributed by atoms with Gasteiger partial charge in [-0.1, -0.05) is 24.3 Å². The zero-order chi connectivity index (χ0) is 11.8. The average Bonchev–Trinajstić information content (AvgIpc) is 2.54. The van der Waals surface area contributed by atoms with E-state index in [1.807, 2.05) is 0 Å². The highest BCUT2D eigenvalue weighted by atomic mass is 32.2. The first-order chi connectivity index (χ1) is 7.45. The Morgan fingerprint density at radius 3 is 2.38 bits per heavy atom. The van der Waals surface area contributed by atoms with Crippen molar-refractivity contribution in [3.05, 3.63) is 35.4 Å². The molecule has 1 fully saturated rings. The van der Waals surface area contributed by atoms with Crippen LogP contribution < -0.4 is 5.73 Å². The molecule has 1 aromatic carbocycles. The van der Waals surface area contributed by atoms with Crippen LogP contribution in [0.5, 0.6) is 0 Å². The third-order valence-corrected chi connectivity index (χ3v) is 4.69. The van der Waals surface area contributed by atoms with E-state index in [0.717, 1.165) is 5.56 Å². The summed E-state index contributed by atoms with van der Waals surface area (Å²) < 4.78 is 36.9. The van der Waals surface area contributed by atoms with E-state index in [4.69, 9.17) is 5.73 Å². The van der Waals surface area contributed by atoms with Crippen LogP contribution in [-0.2, 0) is 22.1 Å². The standard InChI is InChI=1S/C11H14FNO2S/c12-11(5-6-16(14,15)8-11)10-3-1-9(7-13)2-4-10/h1-4H,5-8,13H2. The van der Waals surface area contributed by atoms with Crippen molar-refractivity contribution >= 4 is 9.84 Å². The van der Waals surface area contributed by atoms with Crippen LogP contribution in [0.3, 0.4) is 0 Å². The van der Waals surface area contributed by atoms with Gasteiger partial charge in [-0.25, -0.2) is 12.8 Å². The lowest BCUT2D eigenvalue weighted by Crippen LogP contribution is -2.21. The summed E-state index contributed by atoms with van der Waals surface area (Å²) in [5.41, 5.74) is 5.07. The Labute approximate surface area is 94.4 Å². The molecule has 0 saturated carbocycles. The maximum absolute atomic E-state index is 14.4. The molecule has 0 radical (unpaired) electrons. The summed E-state index contributed by atoms with van der Waals surface area (Å²) in [7, 11) is -3.22. The number of benzene rings is 1. The molecule has 2 rings (SSSR count). The van der Waals surface area contributed by atoms with Crippen molar-refractivity contribution in [1.29, 1.82) is 0 Å². The van der Waals surface area contributed by atoms with Crippen molar-refractivity contribution in [3.63, 3.8) is 0 Å². The van der Waals surface area contributed by atoms with Gasteiger partial charge in [0.05, 0.1) is 11.5 Å². The zero-order valence-electron chi connectivity index (χ0n) is 8.82. The highest BCUT2D eigenvalue weighted by Gasteiger charge is 2.43. The first-order valence-corrected chi connectivity index (χ1v) is 6.96. The number of halogens is 1. The Balaban J connectivity index is 2.30. The Morgan fingerprint density at radius 2 is 1.94 bits per heavy atom. The van der Waals surface area contributed by atoms with Crippen LogP contribution in [0, 0.1) is 0 Å². The highest BCUT2D eigenvalue weighted by Crippen LogP contribution is 2.37. The Kier molecular flexibility index (Phi) is 2.75. The second kappa shape index (κ2) is 3.82. The molecule has 3 nitrogen and oxygen atoms in total. The number of nitrogens with two attached hydrogens (primary N) is 1. The predicted octanol–water partition coefficient (Wildman–Crippen LogP) is 1.13. The van der Waals surface area contributed by atoms with Crippen molar-refractivity contribution in [2.45, 2.75) is 18.6 Å². The number of hydrogen-bond donors (Lipinski definition) is 1. The van der Waals surface area contributed by atoms with Crippen molar-refractivity contribution in [1.82, 2.24) is 0 Å². The molecule has 1 aliphatic rings. The van der Waals surface area contributed by atoms with Gasteiger partial charge in [0.25, 0.3) is 0 Å². The van der Waals surface area contributed by atoms with Gasteiger partial charge in [0.2, 0.25) is 0 Å². The monoisotopic (exact) mass is 243 g/mol. The van der Waals surface area contributed by atoms with E-state index in [9.17, 15) is 12.8 Å². The van der Waals surface area contributed by atoms with Crippen LogP contribution in [0.25, 0.3) is 0 Å². The van der Waals surface area contributed by atoms with Gasteiger partial charge in [-0.3, -0.25) is 0 Å². The number of rotatable bonds is 2. The van der Waals surface area contributed by atoms with E-state index >= 15 is 0 Å². The first kappa shape index (κ1) is 11.5. The fraction of sp³-hybridized carbons (Fsp3) is 0.455. The van der Waals surface area contributed by atoms with Gasteiger partial charge in [0.15, 0.2) is 15.5 Å². The maximum atomic E-state index is 14.4. The number of hydrogen-bond acceptors (Lipinski definition) is 3. The minimum absolute atomic E-state index is 0.0529. The van der Waals surface area contributed by atoms with E-state index in [1.54, 1.807) is 24.3 Å². The van der Waals surface area contributed by atoms with E-state index < -0.39 is 21.3 Å². The predicted molar refractivity (Wildman–Crippen MR) is 60.4 cm³/mol. The van der Waals surface area contributed by atoms with Crippen molar-refractivity contribution in [2.75, 3.05) is 11.5 Å². The lowest BCUT2D eigenvalue weighted by Gasteiger charge is -2.18. The molecule has 1 atom stereocenters. The molecule has 2 N–H and O–H groups in total. The summed E-state index contributed by atoms with van der Waals surface area (Å²) in [6, 6.07) is 6.73. The number of alkyl halides is 1. The van der Waals surface area contributed by atoms with Gasteiger partial charge in [0.1, 0.15) is 0 Å². The summed E-state index contributed by atoms with van der Waals surface area (Å²) in [5, 5.41) is 0. The minimum Gasteiger partial charge on any atom is -0.326 e. The van der Waals surface area contributed by atoms with E-state index in [0.29, 0.717) is 12.1 Å². The van der Waals surface area contributed by atoms with Crippen LogP contribution in [0.15, 0.2) is 24.3 Å². The molecule has 0 bridgehead atoms. The fourth-order valence-electron chi connectivity index (χ4n) is 1.98. The zero-order valence-corrected chi connectivity index (χ0v) is 9.63. The average molecular weight is 243 g/mol. The molecule has 0 spiro atoms. The SMILES string of the molecule is NCc1ccc(C2(F)CCS(=O)(=O)C2)cc1. The number of sulfone groups is 1. The molecule has 0 aromatic heterocycles. The van der Waals surface area contributed by atoms with Crippen LogP contribution in [0.4, 0.5) is 4.39 Å². The fourth-order valence-corrected chi connectivity index (χ4v) is 3.76. The van der Waals surface area contributed by atoms with E-state index in [-0.39, 0.29) is 12.2 Å².